The first kappa shape index (κ1) is 29.2. The number of rotatable bonds is 5. The highest BCUT2D eigenvalue weighted by molar-refractivity contribution is 5.89. The van der Waals surface area contributed by atoms with Crippen LogP contribution < -0.4 is 5.43 Å². The summed E-state index contributed by atoms with van der Waals surface area (Å²) in [5.41, 5.74) is -1.08. The van der Waals surface area contributed by atoms with Crippen molar-refractivity contribution in [3.05, 3.63) is 52.2 Å². The van der Waals surface area contributed by atoms with Gasteiger partial charge in [-0.3, -0.25) is 4.79 Å². The van der Waals surface area contributed by atoms with Gasteiger partial charge in [0, 0.05) is 17.7 Å². The standard InChI is InChI=1S/C27H30O14/c1-9-19(33)21(35)23(37)27(38-9)41-26-22(36)20(34)16(8-28)40-25(26)18-13(31)6-12(30)17-14(32)7-15(39-24(17)18)10-2-4-11(29)5-3-10/h2-7,9,16,19-23,25-31,33-37H,8H2,1H3/t9-,16+,19+,20-,21+,22+,23-,25+,26-,27+/m1/s1. The molecule has 3 aromatic rings. The number of ether oxygens (including phenoxy) is 3. The van der Waals surface area contributed by atoms with Gasteiger partial charge in [-0.15, -0.1) is 0 Å². The van der Waals surface area contributed by atoms with Crippen LogP contribution in [0.15, 0.2) is 45.6 Å². The van der Waals surface area contributed by atoms with Crippen LogP contribution in [0.3, 0.4) is 0 Å². The van der Waals surface area contributed by atoms with Gasteiger partial charge in [0.15, 0.2) is 17.3 Å². The fourth-order valence-electron chi connectivity index (χ4n) is 5.12. The Balaban J connectivity index is 1.67. The zero-order valence-electron chi connectivity index (χ0n) is 21.5. The zero-order valence-corrected chi connectivity index (χ0v) is 21.5. The molecule has 2 saturated heterocycles. The maximum absolute atomic E-state index is 13.1. The number of aromatic hydroxyl groups is 3. The summed E-state index contributed by atoms with van der Waals surface area (Å²) < 4.78 is 23.0. The van der Waals surface area contributed by atoms with Crippen molar-refractivity contribution >= 4 is 11.0 Å². The molecular weight excluding hydrogens is 548 g/mol. The number of benzene rings is 2. The third kappa shape index (κ3) is 5.14. The molecule has 2 aliphatic heterocycles. The van der Waals surface area contributed by atoms with Gasteiger partial charge in [0.05, 0.1) is 18.3 Å². The molecule has 41 heavy (non-hydrogen) atoms. The summed E-state index contributed by atoms with van der Waals surface area (Å²) in [5, 5.41) is 93.0. The quantitative estimate of drug-likeness (QED) is 0.175. The fraction of sp³-hybridized carbons (Fsp3) is 0.444. The van der Waals surface area contributed by atoms with E-state index in [2.05, 4.69) is 0 Å². The van der Waals surface area contributed by atoms with Crippen LogP contribution in [0.1, 0.15) is 18.6 Å². The molecule has 0 bridgehead atoms. The number of phenols is 3. The van der Waals surface area contributed by atoms with Gasteiger partial charge < -0.3 is 64.6 Å². The van der Waals surface area contributed by atoms with Crippen molar-refractivity contribution in [1.82, 2.24) is 0 Å². The normalized spacial score (nSPS) is 34.1. The van der Waals surface area contributed by atoms with E-state index in [0.717, 1.165) is 12.1 Å². The van der Waals surface area contributed by atoms with Crippen LogP contribution in [0.2, 0.25) is 0 Å². The van der Waals surface area contributed by atoms with Crippen molar-refractivity contribution in [2.75, 3.05) is 6.61 Å². The molecule has 5 rings (SSSR count). The van der Waals surface area contributed by atoms with E-state index in [1.165, 1.54) is 31.2 Å². The maximum atomic E-state index is 13.1. The average molecular weight is 579 g/mol. The van der Waals surface area contributed by atoms with Gasteiger partial charge in [-0.25, -0.2) is 0 Å². The van der Waals surface area contributed by atoms with Gasteiger partial charge in [-0.1, -0.05) is 0 Å². The van der Waals surface area contributed by atoms with Crippen LogP contribution in [0.5, 0.6) is 17.2 Å². The Morgan fingerprint density at radius 1 is 0.829 bits per heavy atom. The van der Waals surface area contributed by atoms with Crippen molar-refractivity contribution in [3.8, 4) is 28.6 Å². The monoisotopic (exact) mass is 578 g/mol. The molecule has 14 nitrogen and oxygen atoms in total. The number of aliphatic hydroxyl groups is 6. The van der Waals surface area contributed by atoms with Crippen molar-refractivity contribution < 1.29 is 64.6 Å². The molecule has 0 unspecified atom stereocenters. The SMILES string of the molecule is C[C@H]1O[C@@H](O[C@@H]2[C@@H](O)[C@H](O)[C@H](CO)O[C@H]2c2c(O)cc(O)c3c(=O)cc(-c4ccc(O)cc4)oc23)[C@H](O)[C@@H](O)[C@H]1O. The molecule has 2 fully saturated rings. The van der Waals surface area contributed by atoms with E-state index < -0.39 is 84.8 Å². The van der Waals surface area contributed by atoms with E-state index in [1.807, 2.05) is 0 Å². The fourth-order valence-corrected chi connectivity index (χ4v) is 5.12. The molecule has 0 aliphatic carbocycles. The maximum Gasteiger partial charge on any atom is 0.197 e. The molecule has 14 heteroatoms. The van der Waals surface area contributed by atoms with Crippen LogP contribution in [0, 0.1) is 0 Å². The smallest absolute Gasteiger partial charge is 0.197 e. The highest BCUT2D eigenvalue weighted by Crippen LogP contribution is 2.45. The third-order valence-corrected chi connectivity index (χ3v) is 7.40. The lowest BCUT2D eigenvalue weighted by Crippen LogP contribution is -2.61. The van der Waals surface area contributed by atoms with E-state index >= 15 is 0 Å². The van der Waals surface area contributed by atoms with Crippen LogP contribution in [-0.4, -0.2) is 108 Å². The van der Waals surface area contributed by atoms with Crippen LogP contribution in [0.25, 0.3) is 22.3 Å². The minimum absolute atomic E-state index is 0.0294. The molecule has 222 valence electrons. The number of aliphatic hydroxyl groups excluding tert-OH is 6. The van der Waals surface area contributed by atoms with Gasteiger partial charge in [-0.05, 0) is 31.2 Å². The van der Waals surface area contributed by atoms with Crippen LogP contribution >= 0.6 is 0 Å². The van der Waals surface area contributed by atoms with Gasteiger partial charge in [0.2, 0.25) is 0 Å². The molecule has 1 aromatic heterocycles. The minimum atomic E-state index is -1.85. The van der Waals surface area contributed by atoms with Crippen LogP contribution in [0.4, 0.5) is 0 Å². The number of phenolic OH excluding ortho intramolecular Hbond substituents is 3. The summed E-state index contributed by atoms with van der Waals surface area (Å²) in [6, 6.07) is 7.53. The second-order valence-corrected chi connectivity index (χ2v) is 10.1. The van der Waals surface area contributed by atoms with E-state index in [4.69, 9.17) is 18.6 Å². The molecule has 0 saturated carbocycles. The molecule has 10 atom stereocenters. The Labute approximate surface area is 231 Å². The predicted molar refractivity (Wildman–Crippen MR) is 137 cm³/mol. The second kappa shape index (κ2) is 11.2. The lowest BCUT2D eigenvalue weighted by atomic mass is 9.89. The first-order chi connectivity index (χ1) is 19.4. The highest BCUT2D eigenvalue weighted by Gasteiger charge is 2.51. The Hall–Kier alpha value is -3.31. The first-order valence-electron chi connectivity index (χ1n) is 12.7. The average Bonchev–Trinajstić information content (AvgIpc) is 2.93. The van der Waals surface area contributed by atoms with E-state index in [0.29, 0.717) is 5.56 Å². The van der Waals surface area contributed by atoms with Crippen molar-refractivity contribution in [1.29, 1.82) is 0 Å². The van der Waals surface area contributed by atoms with E-state index in [9.17, 15) is 50.8 Å². The zero-order chi connectivity index (χ0) is 29.7. The Kier molecular flexibility index (Phi) is 7.95. The lowest BCUT2D eigenvalue weighted by Gasteiger charge is -2.46. The van der Waals surface area contributed by atoms with Gasteiger partial charge >= 0.3 is 0 Å². The molecular formula is C27H30O14. The van der Waals surface area contributed by atoms with E-state index in [1.54, 1.807) is 0 Å². The second-order valence-electron chi connectivity index (χ2n) is 10.1. The van der Waals surface area contributed by atoms with Gasteiger partial charge in [-0.2, -0.15) is 0 Å². The summed E-state index contributed by atoms with van der Waals surface area (Å²) in [4.78, 5) is 13.1. The number of hydrogen-bond donors (Lipinski definition) is 9. The molecule has 9 N–H and O–H groups in total. The predicted octanol–water partition coefficient (Wildman–Crippen LogP) is -1.06. The minimum Gasteiger partial charge on any atom is -0.508 e. The largest absolute Gasteiger partial charge is 0.508 e. The Bertz CT molecular complexity index is 1460. The number of hydrogen-bond acceptors (Lipinski definition) is 14. The summed E-state index contributed by atoms with van der Waals surface area (Å²) in [7, 11) is 0. The molecule has 0 spiro atoms. The Morgan fingerprint density at radius 2 is 1.51 bits per heavy atom. The molecule has 0 radical (unpaired) electrons. The van der Waals surface area contributed by atoms with Gasteiger partial charge in [0.25, 0.3) is 0 Å². The summed E-state index contributed by atoms with van der Waals surface area (Å²) in [6.45, 7) is 0.613. The summed E-state index contributed by atoms with van der Waals surface area (Å²) in [6.07, 6.45) is -16.0. The molecule has 2 aliphatic rings. The summed E-state index contributed by atoms with van der Waals surface area (Å²) in [5.74, 6) is -1.39. The van der Waals surface area contributed by atoms with Crippen molar-refractivity contribution in [2.24, 2.45) is 0 Å². The highest BCUT2D eigenvalue weighted by atomic mass is 16.7. The first-order valence-corrected chi connectivity index (χ1v) is 12.7. The number of fused-ring (bicyclic) bond motifs is 1. The third-order valence-electron chi connectivity index (χ3n) is 7.40. The topological polar surface area (TPSA) is 240 Å². The van der Waals surface area contributed by atoms with Crippen molar-refractivity contribution in [2.45, 2.75) is 68.1 Å². The lowest BCUT2D eigenvalue weighted by molar-refractivity contribution is -0.338. The summed E-state index contributed by atoms with van der Waals surface area (Å²) >= 11 is 0. The Morgan fingerprint density at radius 3 is 2.17 bits per heavy atom. The molecule has 2 aromatic carbocycles. The van der Waals surface area contributed by atoms with Gasteiger partial charge in [0.1, 0.15) is 77.2 Å². The van der Waals surface area contributed by atoms with Crippen LogP contribution in [-0.2, 0) is 14.2 Å². The molecule has 0 amide bonds. The molecule has 3 heterocycles. The van der Waals surface area contributed by atoms with E-state index in [-0.39, 0.29) is 28.0 Å². The van der Waals surface area contributed by atoms with Crippen molar-refractivity contribution in [3.63, 3.8) is 0 Å².